The van der Waals surface area contributed by atoms with Crippen molar-refractivity contribution in [2.75, 3.05) is 6.67 Å². The van der Waals surface area contributed by atoms with E-state index < -0.39 is 30.5 Å². The van der Waals surface area contributed by atoms with E-state index in [9.17, 15) is 18.4 Å². The highest BCUT2D eigenvalue weighted by atomic mass is 19.1. The lowest BCUT2D eigenvalue weighted by Crippen LogP contribution is -2.44. The molecule has 0 aliphatic rings. The van der Waals surface area contributed by atoms with E-state index in [4.69, 9.17) is 5.11 Å². The van der Waals surface area contributed by atoms with Crippen molar-refractivity contribution in [1.82, 2.24) is 5.32 Å². The highest BCUT2D eigenvalue weighted by Gasteiger charge is 2.22. The van der Waals surface area contributed by atoms with Crippen molar-refractivity contribution < 1.29 is 23.5 Å². The number of rotatable bonds is 7. The molecule has 1 aromatic carbocycles. The monoisotopic (exact) mass is 285 g/mol. The second-order valence-electron chi connectivity index (χ2n) is 4.62. The molecule has 6 heteroatoms. The Bertz CT molecular complexity index is 479. The maximum Gasteiger partial charge on any atom is 0.328 e. The number of hydrogen-bond donors (Lipinski definition) is 2. The minimum Gasteiger partial charge on any atom is -0.480 e. The lowest BCUT2D eigenvalue weighted by molar-refractivity contribution is -0.142. The number of nitrogens with one attached hydrogen (secondary N) is 1. The van der Waals surface area contributed by atoms with Gasteiger partial charge in [-0.25, -0.2) is 13.6 Å². The number of aliphatic carboxylic acids is 1. The fourth-order valence-corrected chi connectivity index (χ4v) is 1.69. The van der Waals surface area contributed by atoms with Crippen LogP contribution in [0.15, 0.2) is 24.3 Å². The predicted octanol–water partition coefficient (Wildman–Crippen LogP) is 1.93. The van der Waals surface area contributed by atoms with Gasteiger partial charge in [0.15, 0.2) is 6.04 Å². The molecule has 0 saturated heterocycles. The zero-order chi connectivity index (χ0) is 15.1. The lowest BCUT2D eigenvalue weighted by Gasteiger charge is -2.15. The van der Waals surface area contributed by atoms with Crippen molar-refractivity contribution in [3.05, 3.63) is 35.6 Å². The summed E-state index contributed by atoms with van der Waals surface area (Å²) in [7, 11) is 0. The summed E-state index contributed by atoms with van der Waals surface area (Å²) in [5, 5.41) is 10.8. The van der Waals surface area contributed by atoms with Crippen LogP contribution in [0.4, 0.5) is 8.78 Å². The topological polar surface area (TPSA) is 66.4 Å². The number of alkyl halides is 1. The third-order valence-electron chi connectivity index (χ3n) is 2.97. The van der Waals surface area contributed by atoms with Crippen LogP contribution < -0.4 is 5.32 Å². The Labute approximate surface area is 115 Å². The Balaban J connectivity index is 2.47. The maximum atomic E-state index is 13.0. The molecule has 0 fully saturated rings. The quantitative estimate of drug-likeness (QED) is 0.804. The van der Waals surface area contributed by atoms with Crippen molar-refractivity contribution in [3.8, 4) is 0 Å². The first-order valence-corrected chi connectivity index (χ1v) is 6.27. The molecular formula is C14H17F2NO3. The van der Waals surface area contributed by atoms with Crippen LogP contribution in [-0.2, 0) is 16.0 Å². The minimum absolute atomic E-state index is 0.344. The number of halogens is 2. The average molecular weight is 285 g/mol. The number of amides is 1. The Morgan fingerprint density at radius 1 is 1.40 bits per heavy atom. The Morgan fingerprint density at radius 2 is 2.10 bits per heavy atom. The van der Waals surface area contributed by atoms with Gasteiger partial charge in [-0.05, 0) is 30.5 Å². The normalized spacial score (nSPS) is 13.6. The molecule has 110 valence electrons. The molecule has 1 rings (SSSR count). The molecule has 0 heterocycles. The van der Waals surface area contributed by atoms with Crippen LogP contribution >= 0.6 is 0 Å². The Morgan fingerprint density at radius 3 is 2.65 bits per heavy atom. The van der Waals surface area contributed by atoms with Crippen LogP contribution in [0.25, 0.3) is 0 Å². The van der Waals surface area contributed by atoms with Crippen LogP contribution in [-0.4, -0.2) is 29.7 Å². The van der Waals surface area contributed by atoms with Crippen LogP contribution in [0.5, 0.6) is 0 Å². The number of carboxylic acid groups (broad SMARTS) is 1. The standard InChI is InChI=1S/C14H17F2NO3/c1-9(13(18)17-12(8-15)14(19)20)5-6-10-3-2-4-11(16)7-10/h2-4,7,9,12H,5-6,8H2,1H3,(H,17,18)(H,19,20). The zero-order valence-corrected chi connectivity index (χ0v) is 11.1. The molecule has 1 amide bonds. The molecule has 0 saturated carbocycles. The number of aryl methyl sites for hydroxylation is 1. The Kier molecular flexibility index (Phi) is 6.09. The molecular weight excluding hydrogens is 268 g/mol. The van der Waals surface area contributed by atoms with Gasteiger partial charge in [-0.1, -0.05) is 19.1 Å². The summed E-state index contributed by atoms with van der Waals surface area (Å²) < 4.78 is 25.4. The molecule has 0 spiro atoms. The molecule has 0 aromatic heterocycles. The molecule has 2 unspecified atom stereocenters. The number of carboxylic acids is 1. The number of carbonyl (C=O) groups is 2. The van der Waals surface area contributed by atoms with E-state index in [1.807, 2.05) is 0 Å². The highest BCUT2D eigenvalue weighted by molar-refractivity contribution is 5.84. The second kappa shape index (κ2) is 7.57. The number of benzene rings is 1. The van der Waals surface area contributed by atoms with E-state index in [-0.39, 0.29) is 5.82 Å². The van der Waals surface area contributed by atoms with Crippen LogP contribution in [0, 0.1) is 11.7 Å². The zero-order valence-electron chi connectivity index (χ0n) is 11.1. The third-order valence-corrected chi connectivity index (χ3v) is 2.97. The Hall–Kier alpha value is -1.98. The van der Waals surface area contributed by atoms with Gasteiger partial charge in [0.2, 0.25) is 5.91 Å². The molecule has 20 heavy (non-hydrogen) atoms. The van der Waals surface area contributed by atoms with Crippen molar-refractivity contribution >= 4 is 11.9 Å². The van der Waals surface area contributed by atoms with E-state index >= 15 is 0 Å². The summed E-state index contributed by atoms with van der Waals surface area (Å²) >= 11 is 0. The van der Waals surface area contributed by atoms with E-state index in [2.05, 4.69) is 5.32 Å². The first-order valence-electron chi connectivity index (χ1n) is 6.27. The van der Waals surface area contributed by atoms with Crippen LogP contribution in [0.1, 0.15) is 18.9 Å². The lowest BCUT2D eigenvalue weighted by atomic mass is 10.00. The molecule has 1 aromatic rings. The summed E-state index contributed by atoms with van der Waals surface area (Å²) in [6.45, 7) is 0.462. The number of hydrogen-bond acceptors (Lipinski definition) is 2. The fourth-order valence-electron chi connectivity index (χ4n) is 1.69. The van der Waals surface area contributed by atoms with Gasteiger partial charge in [0.05, 0.1) is 0 Å². The molecule has 4 nitrogen and oxygen atoms in total. The van der Waals surface area contributed by atoms with E-state index in [0.29, 0.717) is 12.8 Å². The van der Waals surface area contributed by atoms with Crippen LogP contribution in [0.3, 0.4) is 0 Å². The van der Waals surface area contributed by atoms with Crippen molar-refractivity contribution in [3.63, 3.8) is 0 Å². The van der Waals surface area contributed by atoms with Crippen LogP contribution in [0.2, 0.25) is 0 Å². The first kappa shape index (κ1) is 16.1. The molecule has 0 radical (unpaired) electrons. The van der Waals surface area contributed by atoms with Gasteiger partial charge >= 0.3 is 5.97 Å². The molecule has 0 aliphatic heterocycles. The smallest absolute Gasteiger partial charge is 0.328 e. The highest BCUT2D eigenvalue weighted by Crippen LogP contribution is 2.11. The predicted molar refractivity (Wildman–Crippen MR) is 69.4 cm³/mol. The summed E-state index contributed by atoms with van der Waals surface area (Å²) in [5.41, 5.74) is 0.755. The van der Waals surface area contributed by atoms with Crippen molar-refractivity contribution in [2.24, 2.45) is 5.92 Å². The molecule has 2 atom stereocenters. The van der Waals surface area contributed by atoms with Crippen molar-refractivity contribution in [1.29, 1.82) is 0 Å². The maximum absolute atomic E-state index is 13.0. The summed E-state index contributed by atoms with van der Waals surface area (Å²) in [5.74, 6) is -2.75. The summed E-state index contributed by atoms with van der Waals surface area (Å²) in [6, 6.07) is 4.53. The molecule has 0 bridgehead atoms. The SMILES string of the molecule is CC(CCc1cccc(F)c1)C(=O)NC(CF)C(=O)O. The van der Waals surface area contributed by atoms with Gasteiger partial charge in [0.1, 0.15) is 12.5 Å². The van der Waals surface area contributed by atoms with Crippen molar-refractivity contribution in [2.45, 2.75) is 25.8 Å². The van der Waals surface area contributed by atoms with Gasteiger partial charge in [0, 0.05) is 5.92 Å². The van der Waals surface area contributed by atoms with Gasteiger partial charge < -0.3 is 10.4 Å². The van der Waals surface area contributed by atoms with Gasteiger partial charge in [-0.2, -0.15) is 0 Å². The summed E-state index contributed by atoms with van der Waals surface area (Å²) in [4.78, 5) is 22.3. The van der Waals surface area contributed by atoms with Gasteiger partial charge in [-0.15, -0.1) is 0 Å². The third kappa shape index (κ3) is 4.95. The van der Waals surface area contributed by atoms with E-state index in [1.54, 1.807) is 19.1 Å². The molecule has 0 aliphatic carbocycles. The van der Waals surface area contributed by atoms with Gasteiger partial charge in [-0.3, -0.25) is 4.79 Å². The van der Waals surface area contributed by atoms with Gasteiger partial charge in [0.25, 0.3) is 0 Å². The number of carbonyl (C=O) groups excluding carboxylic acids is 1. The largest absolute Gasteiger partial charge is 0.480 e. The van der Waals surface area contributed by atoms with E-state index in [1.165, 1.54) is 12.1 Å². The first-order chi connectivity index (χ1) is 9.43. The minimum atomic E-state index is -1.51. The fraction of sp³-hybridized carbons (Fsp3) is 0.429. The average Bonchev–Trinajstić information content (AvgIpc) is 2.41. The molecule has 2 N–H and O–H groups in total. The second-order valence-corrected chi connectivity index (χ2v) is 4.62. The summed E-state index contributed by atoms with van der Waals surface area (Å²) in [6.07, 6.45) is 0.910. The van der Waals surface area contributed by atoms with E-state index in [0.717, 1.165) is 5.56 Å².